The number of piperazine rings is 1. The molecular formula is C12H13ClF3N3O2. The van der Waals surface area contributed by atoms with Gasteiger partial charge in [0.1, 0.15) is 5.69 Å². The molecule has 9 heteroatoms. The lowest BCUT2D eigenvalue weighted by atomic mass is 10.1. The molecule has 1 heterocycles. The summed E-state index contributed by atoms with van der Waals surface area (Å²) in [4.78, 5) is 14.0. The SMILES string of the molecule is CN1CCN(c2cc(Cl)c(C(F)(F)F)cc2[N+](=O)[O-])CC1. The zero-order valence-corrected chi connectivity index (χ0v) is 11.9. The summed E-state index contributed by atoms with van der Waals surface area (Å²) in [5.74, 6) is 0. The van der Waals surface area contributed by atoms with Gasteiger partial charge < -0.3 is 9.80 Å². The molecule has 21 heavy (non-hydrogen) atoms. The summed E-state index contributed by atoms with van der Waals surface area (Å²) >= 11 is 5.66. The van der Waals surface area contributed by atoms with Crippen LogP contribution in [-0.2, 0) is 6.18 Å². The number of nitrogens with zero attached hydrogens (tertiary/aromatic N) is 3. The summed E-state index contributed by atoms with van der Waals surface area (Å²) in [5.41, 5.74) is -1.63. The van der Waals surface area contributed by atoms with Gasteiger partial charge in [-0.1, -0.05) is 11.6 Å². The first-order chi connectivity index (χ1) is 9.70. The Labute approximate surface area is 124 Å². The highest BCUT2D eigenvalue weighted by molar-refractivity contribution is 6.31. The van der Waals surface area contributed by atoms with Crippen LogP contribution in [0.1, 0.15) is 5.56 Å². The molecule has 0 unspecified atom stereocenters. The first-order valence-corrected chi connectivity index (χ1v) is 6.56. The van der Waals surface area contributed by atoms with Gasteiger partial charge in [-0.15, -0.1) is 0 Å². The maximum atomic E-state index is 12.8. The molecule has 0 aliphatic carbocycles. The van der Waals surface area contributed by atoms with Gasteiger partial charge in [0.15, 0.2) is 0 Å². The van der Waals surface area contributed by atoms with Crippen LogP contribution >= 0.6 is 11.6 Å². The quantitative estimate of drug-likeness (QED) is 0.620. The zero-order valence-electron chi connectivity index (χ0n) is 11.2. The van der Waals surface area contributed by atoms with Gasteiger partial charge in [-0.05, 0) is 13.1 Å². The summed E-state index contributed by atoms with van der Waals surface area (Å²) in [6.45, 7) is 2.35. The van der Waals surface area contributed by atoms with Crippen molar-refractivity contribution in [3.05, 3.63) is 32.8 Å². The number of halogens is 4. The number of hydrogen-bond acceptors (Lipinski definition) is 4. The topological polar surface area (TPSA) is 49.6 Å². The molecular weight excluding hydrogens is 311 g/mol. The number of rotatable bonds is 2. The molecule has 1 aromatic carbocycles. The van der Waals surface area contributed by atoms with Gasteiger partial charge >= 0.3 is 6.18 Å². The fourth-order valence-electron chi connectivity index (χ4n) is 2.22. The molecule has 2 rings (SSSR count). The van der Waals surface area contributed by atoms with Gasteiger partial charge in [0.2, 0.25) is 0 Å². The van der Waals surface area contributed by atoms with Gasteiger partial charge in [0.25, 0.3) is 5.69 Å². The average Bonchev–Trinajstić information content (AvgIpc) is 2.37. The normalized spacial score (nSPS) is 17.1. The van der Waals surface area contributed by atoms with Crippen molar-refractivity contribution in [1.29, 1.82) is 0 Å². The Morgan fingerprint density at radius 3 is 2.29 bits per heavy atom. The standard InChI is InChI=1S/C12H13ClF3N3O2/c1-17-2-4-18(5-3-17)10-7-9(13)8(12(14,15)16)6-11(10)19(20)21/h6-7H,2-5H2,1H3. The third-order valence-electron chi connectivity index (χ3n) is 3.41. The third-order valence-corrected chi connectivity index (χ3v) is 3.72. The lowest BCUT2D eigenvalue weighted by Crippen LogP contribution is -2.44. The second-order valence-electron chi connectivity index (χ2n) is 4.87. The van der Waals surface area contributed by atoms with Gasteiger partial charge in [-0.25, -0.2) is 0 Å². The van der Waals surface area contributed by atoms with Crippen molar-refractivity contribution < 1.29 is 18.1 Å². The largest absolute Gasteiger partial charge is 0.418 e. The Balaban J connectivity index is 2.46. The fraction of sp³-hybridized carbons (Fsp3) is 0.500. The monoisotopic (exact) mass is 323 g/mol. The second-order valence-corrected chi connectivity index (χ2v) is 5.27. The van der Waals surface area contributed by atoms with Gasteiger partial charge in [0, 0.05) is 32.2 Å². The lowest BCUT2D eigenvalue weighted by molar-refractivity contribution is -0.384. The van der Waals surface area contributed by atoms with Crippen molar-refractivity contribution in [3.63, 3.8) is 0 Å². The van der Waals surface area contributed by atoms with Crippen LogP contribution in [0.25, 0.3) is 0 Å². The molecule has 1 saturated heterocycles. The molecule has 0 spiro atoms. The van der Waals surface area contributed by atoms with Crippen LogP contribution in [0.2, 0.25) is 5.02 Å². The first-order valence-electron chi connectivity index (χ1n) is 6.19. The molecule has 1 aliphatic heterocycles. The molecule has 0 aromatic heterocycles. The van der Waals surface area contributed by atoms with Crippen molar-refractivity contribution in [2.45, 2.75) is 6.18 Å². The van der Waals surface area contributed by atoms with E-state index in [0.29, 0.717) is 32.2 Å². The maximum absolute atomic E-state index is 12.8. The number of alkyl halides is 3. The van der Waals surface area contributed by atoms with Crippen molar-refractivity contribution >= 4 is 23.0 Å². The molecule has 1 aromatic rings. The Bertz CT molecular complexity index is 557. The lowest BCUT2D eigenvalue weighted by Gasteiger charge is -2.33. The van der Waals surface area contributed by atoms with Crippen molar-refractivity contribution in [2.24, 2.45) is 0 Å². The third kappa shape index (κ3) is 3.38. The summed E-state index contributed by atoms with van der Waals surface area (Å²) in [7, 11) is 1.91. The van der Waals surface area contributed by atoms with E-state index in [1.807, 2.05) is 11.9 Å². The number of nitro benzene ring substituents is 1. The first kappa shape index (κ1) is 15.8. The van der Waals surface area contributed by atoms with Crippen LogP contribution in [0.15, 0.2) is 12.1 Å². The molecule has 0 saturated carbocycles. The summed E-state index contributed by atoms with van der Waals surface area (Å²) in [6, 6.07) is 1.55. The summed E-state index contributed by atoms with van der Waals surface area (Å²) in [6.07, 6.45) is -4.72. The van der Waals surface area contributed by atoms with Crippen molar-refractivity contribution in [3.8, 4) is 0 Å². The van der Waals surface area contributed by atoms with Gasteiger partial charge in [0.05, 0.1) is 15.5 Å². The van der Waals surface area contributed by atoms with E-state index in [2.05, 4.69) is 0 Å². The van der Waals surface area contributed by atoms with E-state index in [1.54, 1.807) is 4.90 Å². The molecule has 0 N–H and O–H groups in total. The minimum Gasteiger partial charge on any atom is -0.363 e. The summed E-state index contributed by atoms with van der Waals surface area (Å²) < 4.78 is 38.4. The van der Waals surface area contributed by atoms with E-state index >= 15 is 0 Å². The van der Waals surface area contributed by atoms with E-state index in [1.165, 1.54) is 0 Å². The number of nitro groups is 1. The minimum absolute atomic E-state index is 0.131. The van der Waals surface area contributed by atoms with Gasteiger partial charge in [-0.3, -0.25) is 10.1 Å². The van der Waals surface area contributed by atoms with Crippen LogP contribution in [0.5, 0.6) is 0 Å². The second kappa shape index (κ2) is 5.69. The smallest absolute Gasteiger partial charge is 0.363 e. The van der Waals surface area contributed by atoms with Crippen LogP contribution in [0.4, 0.5) is 24.5 Å². The summed E-state index contributed by atoms with van der Waals surface area (Å²) in [5, 5.41) is 10.6. The molecule has 0 amide bonds. The fourth-order valence-corrected chi connectivity index (χ4v) is 2.48. The van der Waals surface area contributed by atoms with E-state index in [9.17, 15) is 23.3 Å². The van der Waals surface area contributed by atoms with Crippen molar-refractivity contribution in [1.82, 2.24) is 4.90 Å². The Morgan fingerprint density at radius 2 is 1.81 bits per heavy atom. The number of benzene rings is 1. The highest BCUT2D eigenvalue weighted by atomic mass is 35.5. The van der Waals surface area contributed by atoms with E-state index < -0.39 is 27.4 Å². The predicted molar refractivity (Wildman–Crippen MR) is 72.8 cm³/mol. The van der Waals surface area contributed by atoms with Crippen LogP contribution in [0, 0.1) is 10.1 Å². The number of likely N-dealkylation sites (N-methyl/N-ethyl adjacent to an activating group) is 1. The zero-order chi connectivity index (χ0) is 15.8. The highest BCUT2D eigenvalue weighted by Gasteiger charge is 2.37. The highest BCUT2D eigenvalue weighted by Crippen LogP contribution is 2.41. The minimum atomic E-state index is -4.72. The van der Waals surface area contributed by atoms with Crippen LogP contribution in [-0.4, -0.2) is 43.0 Å². The Morgan fingerprint density at radius 1 is 1.24 bits per heavy atom. The molecule has 116 valence electrons. The van der Waals surface area contributed by atoms with E-state index in [0.717, 1.165) is 6.07 Å². The maximum Gasteiger partial charge on any atom is 0.418 e. The van der Waals surface area contributed by atoms with Gasteiger partial charge in [-0.2, -0.15) is 13.2 Å². The predicted octanol–water partition coefficient (Wildman–Crippen LogP) is 3.02. The van der Waals surface area contributed by atoms with E-state index in [4.69, 9.17) is 11.6 Å². The van der Waals surface area contributed by atoms with Crippen LogP contribution in [0.3, 0.4) is 0 Å². The molecule has 1 fully saturated rings. The Kier molecular flexibility index (Phi) is 4.29. The average molecular weight is 324 g/mol. The molecule has 5 nitrogen and oxygen atoms in total. The van der Waals surface area contributed by atoms with Crippen molar-refractivity contribution in [2.75, 3.05) is 38.1 Å². The number of anilines is 1. The van der Waals surface area contributed by atoms with E-state index in [-0.39, 0.29) is 5.69 Å². The number of hydrogen-bond donors (Lipinski definition) is 0. The Hall–Kier alpha value is -1.54. The molecule has 0 radical (unpaired) electrons. The van der Waals surface area contributed by atoms with Crippen LogP contribution < -0.4 is 4.90 Å². The molecule has 1 aliphatic rings. The molecule has 0 atom stereocenters. The molecule has 0 bridgehead atoms.